The molecule has 5 heteroatoms. The minimum Gasteiger partial charge on any atom is -0.382 e. The number of thioether (sulfide) groups is 1. The van der Waals surface area contributed by atoms with Gasteiger partial charge in [-0.05, 0) is 12.8 Å². The number of methoxy groups -OCH3 is 1. The van der Waals surface area contributed by atoms with Crippen molar-refractivity contribution in [1.82, 2.24) is 5.32 Å². The summed E-state index contributed by atoms with van der Waals surface area (Å²) in [6.45, 7) is 7.15. The van der Waals surface area contributed by atoms with Crippen molar-refractivity contribution in [3.05, 3.63) is 0 Å². The summed E-state index contributed by atoms with van der Waals surface area (Å²) >= 11 is 1.80. The molecule has 2 unspecified atom stereocenters. The molecule has 1 aliphatic heterocycles. The Hall–Kier alpha value is -0.260. The van der Waals surface area contributed by atoms with Crippen LogP contribution >= 0.6 is 11.8 Å². The van der Waals surface area contributed by atoms with Gasteiger partial charge < -0.3 is 14.8 Å². The SMILES string of the molecule is COCCOCCN=C1NC(C)C(C)CS1. The van der Waals surface area contributed by atoms with Crippen molar-refractivity contribution < 1.29 is 9.47 Å². The van der Waals surface area contributed by atoms with E-state index in [2.05, 4.69) is 24.2 Å². The molecule has 94 valence electrons. The Balaban J connectivity index is 2.10. The van der Waals surface area contributed by atoms with E-state index in [0.717, 1.165) is 17.5 Å². The molecular formula is C11H22N2O2S. The summed E-state index contributed by atoms with van der Waals surface area (Å²) in [5, 5.41) is 4.46. The molecular weight excluding hydrogens is 224 g/mol. The van der Waals surface area contributed by atoms with Crippen molar-refractivity contribution in [3.8, 4) is 0 Å². The van der Waals surface area contributed by atoms with Gasteiger partial charge >= 0.3 is 0 Å². The summed E-state index contributed by atoms with van der Waals surface area (Å²) in [5.41, 5.74) is 0. The van der Waals surface area contributed by atoms with E-state index in [1.807, 2.05) is 0 Å². The minimum atomic E-state index is 0.523. The third kappa shape index (κ3) is 5.18. The molecule has 4 nitrogen and oxygen atoms in total. The third-order valence-corrected chi connectivity index (χ3v) is 3.82. The standard InChI is InChI=1S/C11H22N2O2S/c1-9-8-16-11(13-10(9)2)12-4-5-15-7-6-14-3/h9-10H,4-8H2,1-3H3,(H,12,13). The zero-order valence-corrected chi connectivity index (χ0v) is 11.2. The number of hydrogen-bond acceptors (Lipinski definition) is 4. The normalized spacial score (nSPS) is 28.1. The van der Waals surface area contributed by atoms with Crippen LogP contribution in [0.2, 0.25) is 0 Å². The molecule has 0 amide bonds. The van der Waals surface area contributed by atoms with Gasteiger partial charge in [0.2, 0.25) is 0 Å². The van der Waals surface area contributed by atoms with Crippen molar-refractivity contribution in [1.29, 1.82) is 0 Å². The molecule has 0 spiro atoms. The number of nitrogens with one attached hydrogen (secondary N) is 1. The summed E-state index contributed by atoms with van der Waals surface area (Å²) in [7, 11) is 1.68. The van der Waals surface area contributed by atoms with Crippen LogP contribution < -0.4 is 5.32 Å². The molecule has 1 N–H and O–H groups in total. The maximum atomic E-state index is 5.34. The van der Waals surface area contributed by atoms with E-state index in [1.165, 1.54) is 0 Å². The second-order valence-electron chi connectivity index (χ2n) is 4.01. The molecule has 0 aromatic rings. The molecule has 1 rings (SSSR count). The van der Waals surface area contributed by atoms with Crippen molar-refractivity contribution in [2.75, 3.05) is 39.2 Å². The van der Waals surface area contributed by atoms with E-state index in [9.17, 15) is 0 Å². The Morgan fingerprint density at radius 1 is 1.38 bits per heavy atom. The number of hydrogen-bond donors (Lipinski definition) is 1. The van der Waals surface area contributed by atoms with Gasteiger partial charge in [0.15, 0.2) is 5.17 Å². The van der Waals surface area contributed by atoms with Crippen LogP contribution in [0, 0.1) is 5.92 Å². The third-order valence-electron chi connectivity index (χ3n) is 2.61. The smallest absolute Gasteiger partial charge is 0.156 e. The number of rotatable bonds is 6. The summed E-state index contributed by atoms with van der Waals surface area (Å²) < 4.78 is 10.2. The highest BCUT2D eigenvalue weighted by Gasteiger charge is 2.20. The fraction of sp³-hybridized carbons (Fsp3) is 0.909. The predicted molar refractivity (Wildman–Crippen MR) is 69.2 cm³/mol. The minimum absolute atomic E-state index is 0.523. The Labute approximate surface area is 102 Å². The lowest BCUT2D eigenvalue weighted by Crippen LogP contribution is -2.41. The van der Waals surface area contributed by atoms with E-state index < -0.39 is 0 Å². The Morgan fingerprint density at radius 3 is 2.88 bits per heavy atom. The fourth-order valence-electron chi connectivity index (χ4n) is 1.28. The summed E-state index contributed by atoms with van der Waals surface area (Å²) in [4.78, 5) is 4.47. The van der Waals surface area contributed by atoms with Crippen LogP contribution in [0.25, 0.3) is 0 Å². The molecule has 0 aliphatic carbocycles. The van der Waals surface area contributed by atoms with Crippen LogP contribution in [0.15, 0.2) is 4.99 Å². The maximum Gasteiger partial charge on any atom is 0.156 e. The fourth-order valence-corrected chi connectivity index (χ4v) is 2.44. The van der Waals surface area contributed by atoms with Crippen molar-refractivity contribution in [2.24, 2.45) is 10.9 Å². The number of ether oxygens (including phenoxy) is 2. The van der Waals surface area contributed by atoms with Crippen molar-refractivity contribution >= 4 is 16.9 Å². The highest BCUT2D eigenvalue weighted by Crippen LogP contribution is 2.18. The van der Waals surface area contributed by atoms with E-state index in [0.29, 0.717) is 31.8 Å². The van der Waals surface area contributed by atoms with Gasteiger partial charge in [-0.2, -0.15) is 0 Å². The van der Waals surface area contributed by atoms with Gasteiger partial charge in [-0.25, -0.2) is 0 Å². The molecule has 1 aliphatic rings. The van der Waals surface area contributed by atoms with Crippen LogP contribution in [0.1, 0.15) is 13.8 Å². The lowest BCUT2D eigenvalue weighted by Gasteiger charge is -2.28. The molecule has 0 radical (unpaired) electrons. The summed E-state index contributed by atoms with van der Waals surface area (Å²) in [5.74, 6) is 1.86. The van der Waals surface area contributed by atoms with Gasteiger partial charge in [0.1, 0.15) is 0 Å². The zero-order chi connectivity index (χ0) is 11.8. The molecule has 0 aromatic carbocycles. The Kier molecular flexibility index (Phi) is 6.84. The first-order chi connectivity index (χ1) is 7.74. The Bertz CT molecular complexity index is 224. The van der Waals surface area contributed by atoms with Crippen LogP contribution in [0.4, 0.5) is 0 Å². The quantitative estimate of drug-likeness (QED) is 0.719. The maximum absolute atomic E-state index is 5.34. The predicted octanol–water partition coefficient (Wildman–Crippen LogP) is 1.37. The average Bonchev–Trinajstić information content (AvgIpc) is 2.28. The van der Waals surface area contributed by atoms with Gasteiger partial charge in [-0.15, -0.1) is 0 Å². The summed E-state index contributed by atoms with van der Waals surface area (Å²) in [6.07, 6.45) is 0. The van der Waals surface area contributed by atoms with Crippen LogP contribution in [-0.4, -0.2) is 50.4 Å². The van der Waals surface area contributed by atoms with E-state index in [1.54, 1.807) is 18.9 Å². The van der Waals surface area contributed by atoms with Gasteiger partial charge in [-0.1, -0.05) is 18.7 Å². The van der Waals surface area contributed by atoms with Gasteiger partial charge in [0.05, 0.1) is 26.4 Å². The van der Waals surface area contributed by atoms with Gasteiger partial charge in [0, 0.05) is 18.9 Å². The van der Waals surface area contributed by atoms with Gasteiger partial charge in [-0.3, -0.25) is 4.99 Å². The second kappa shape index (κ2) is 7.92. The van der Waals surface area contributed by atoms with E-state index in [4.69, 9.17) is 9.47 Å². The first-order valence-corrected chi connectivity index (χ1v) is 6.73. The first kappa shape index (κ1) is 13.8. The largest absolute Gasteiger partial charge is 0.382 e. The van der Waals surface area contributed by atoms with Crippen LogP contribution in [-0.2, 0) is 9.47 Å². The zero-order valence-electron chi connectivity index (χ0n) is 10.4. The van der Waals surface area contributed by atoms with E-state index in [-0.39, 0.29) is 0 Å². The Morgan fingerprint density at radius 2 is 2.19 bits per heavy atom. The molecule has 1 heterocycles. The topological polar surface area (TPSA) is 42.9 Å². The number of nitrogens with zero attached hydrogens (tertiary/aromatic N) is 1. The molecule has 0 saturated carbocycles. The van der Waals surface area contributed by atoms with Gasteiger partial charge in [0.25, 0.3) is 0 Å². The summed E-state index contributed by atoms with van der Waals surface area (Å²) in [6, 6.07) is 0.523. The van der Waals surface area contributed by atoms with E-state index >= 15 is 0 Å². The molecule has 0 aromatic heterocycles. The number of aliphatic imine (C=N–C) groups is 1. The second-order valence-corrected chi connectivity index (χ2v) is 5.02. The molecule has 1 saturated heterocycles. The van der Waals surface area contributed by atoms with Crippen molar-refractivity contribution in [3.63, 3.8) is 0 Å². The molecule has 1 fully saturated rings. The molecule has 0 bridgehead atoms. The van der Waals surface area contributed by atoms with Crippen LogP contribution in [0.3, 0.4) is 0 Å². The monoisotopic (exact) mass is 246 g/mol. The highest BCUT2D eigenvalue weighted by molar-refractivity contribution is 8.13. The molecule has 2 atom stereocenters. The first-order valence-electron chi connectivity index (χ1n) is 5.74. The molecule has 16 heavy (non-hydrogen) atoms. The lowest BCUT2D eigenvalue weighted by atomic mass is 10.1. The number of amidine groups is 1. The average molecular weight is 246 g/mol. The van der Waals surface area contributed by atoms with Crippen LogP contribution in [0.5, 0.6) is 0 Å². The van der Waals surface area contributed by atoms with Crippen molar-refractivity contribution in [2.45, 2.75) is 19.9 Å². The highest BCUT2D eigenvalue weighted by atomic mass is 32.2. The lowest BCUT2D eigenvalue weighted by molar-refractivity contribution is 0.0748.